The van der Waals surface area contributed by atoms with Gasteiger partial charge in [-0.3, -0.25) is 0 Å². The van der Waals surface area contributed by atoms with Crippen molar-refractivity contribution >= 4 is 11.7 Å². The summed E-state index contributed by atoms with van der Waals surface area (Å²) in [6, 6.07) is 8.90. The Kier molecular flexibility index (Phi) is 3.84. The summed E-state index contributed by atoms with van der Waals surface area (Å²) >= 11 is 0. The van der Waals surface area contributed by atoms with E-state index in [1.807, 2.05) is 24.3 Å². The number of carboxylic acids is 1. The monoisotopic (exact) mass is 286 g/mol. The summed E-state index contributed by atoms with van der Waals surface area (Å²) in [6.07, 6.45) is 1.37. The Bertz CT molecular complexity index is 675. The second kappa shape index (κ2) is 5.44. The van der Waals surface area contributed by atoms with E-state index in [9.17, 15) is 4.79 Å². The second-order valence-electron chi connectivity index (χ2n) is 5.73. The first kappa shape index (κ1) is 14.8. The summed E-state index contributed by atoms with van der Waals surface area (Å²) in [6.45, 7) is 6.21. The van der Waals surface area contributed by atoms with Gasteiger partial charge in [0.05, 0.1) is 5.56 Å². The van der Waals surface area contributed by atoms with E-state index in [2.05, 4.69) is 25.8 Å². The van der Waals surface area contributed by atoms with E-state index in [4.69, 9.17) is 15.6 Å². The number of aromatic carboxylic acids is 1. The van der Waals surface area contributed by atoms with Crippen molar-refractivity contribution in [3.05, 3.63) is 47.7 Å². The van der Waals surface area contributed by atoms with Gasteiger partial charge >= 0.3 is 5.97 Å². The van der Waals surface area contributed by atoms with Gasteiger partial charge < -0.3 is 15.6 Å². The van der Waals surface area contributed by atoms with Crippen LogP contribution in [0.25, 0.3) is 0 Å². The molecule has 3 N–H and O–H groups in total. The normalized spacial score (nSPS) is 11.2. The highest BCUT2D eigenvalue weighted by Gasteiger charge is 2.20. The van der Waals surface area contributed by atoms with Crippen LogP contribution in [0.4, 0.5) is 5.69 Å². The molecule has 0 amide bonds. The number of anilines is 1. The van der Waals surface area contributed by atoms with Gasteiger partial charge in [-0.25, -0.2) is 9.78 Å². The summed E-state index contributed by atoms with van der Waals surface area (Å²) in [5.41, 5.74) is 6.70. The Balaban J connectivity index is 2.45. The van der Waals surface area contributed by atoms with Crippen molar-refractivity contribution in [3.8, 4) is 11.6 Å². The fourth-order valence-electron chi connectivity index (χ4n) is 2.00. The number of benzene rings is 1. The van der Waals surface area contributed by atoms with Crippen molar-refractivity contribution < 1.29 is 14.6 Å². The number of nitrogen functional groups attached to an aromatic ring is 1. The Morgan fingerprint density at radius 2 is 1.90 bits per heavy atom. The Morgan fingerprint density at radius 3 is 2.52 bits per heavy atom. The third-order valence-corrected chi connectivity index (χ3v) is 3.09. The summed E-state index contributed by atoms with van der Waals surface area (Å²) < 4.78 is 5.76. The van der Waals surface area contributed by atoms with Gasteiger partial charge in [-0.2, -0.15) is 0 Å². The molecule has 1 aromatic heterocycles. The summed E-state index contributed by atoms with van der Waals surface area (Å²) in [4.78, 5) is 15.1. The van der Waals surface area contributed by atoms with E-state index >= 15 is 0 Å². The van der Waals surface area contributed by atoms with Crippen LogP contribution in [0.15, 0.2) is 36.5 Å². The highest BCUT2D eigenvalue weighted by molar-refractivity contribution is 5.94. The smallest absolute Gasteiger partial charge is 0.338 e. The molecule has 0 fully saturated rings. The zero-order chi connectivity index (χ0) is 15.6. The molecule has 0 aliphatic rings. The molecule has 0 aliphatic carbocycles. The molecule has 0 saturated heterocycles. The Hall–Kier alpha value is -2.56. The van der Waals surface area contributed by atoms with Gasteiger partial charge in [-0.15, -0.1) is 0 Å². The molecular weight excluding hydrogens is 268 g/mol. The number of rotatable bonds is 3. The van der Waals surface area contributed by atoms with Crippen molar-refractivity contribution in [3.63, 3.8) is 0 Å². The lowest BCUT2D eigenvalue weighted by Crippen LogP contribution is -2.13. The zero-order valence-electron chi connectivity index (χ0n) is 12.3. The van der Waals surface area contributed by atoms with E-state index < -0.39 is 5.97 Å². The highest BCUT2D eigenvalue weighted by Crippen LogP contribution is 2.35. The molecule has 0 spiro atoms. The molecule has 0 aliphatic heterocycles. The number of nitrogens with zero attached hydrogens (tertiary/aromatic N) is 1. The molecule has 0 radical (unpaired) electrons. The molecule has 0 atom stereocenters. The first-order chi connectivity index (χ1) is 9.80. The maximum atomic E-state index is 11.1. The molecule has 0 saturated carbocycles. The van der Waals surface area contributed by atoms with Crippen molar-refractivity contribution in [2.45, 2.75) is 26.2 Å². The van der Waals surface area contributed by atoms with Gasteiger partial charge in [0, 0.05) is 11.8 Å². The van der Waals surface area contributed by atoms with Crippen LogP contribution in [0.1, 0.15) is 36.7 Å². The van der Waals surface area contributed by atoms with Crippen LogP contribution in [0.2, 0.25) is 0 Å². The van der Waals surface area contributed by atoms with E-state index in [-0.39, 0.29) is 22.5 Å². The SMILES string of the molecule is CC(C)(C)c1ccccc1Oc1nccc(C(=O)O)c1N. The van der Waals surface area contributed by atoms with E-state index in [1.165, 1.54) is 12.3 Å². The van der Waals surface area contributed by atoms with E-state index in [0.717, 1.165) is 5.56 Å². The zero-order valence-corrected chi connectivity index (χ0v) is 12.3. The molecule has 0 bridgehead atoms. The number of nitrogens with two attached hydrogens (primary N) is 1. The molecule has 1 aromatic carbocycles. The van der Waals surface area contributed by atoms with Crippen molar-refractivity contribution in [2.24, 2.45) is 0 Å². The fraction of sp³-hybridized carbons (Fsp3) is 0.250. The standard InChI is InChI=1S/C16H18N2O3/c1-16(2,3)11-6-4-5-7-12(11)21-14-13(17)10(15(19)20)8-9-18-14/h4-9H,17H2,1-3H3,(H,19,20). The molecule has 5 heteroatoms. The van der Waals surface area contributed by atoms with Gasteiger partial charge in [0.25, 0.3) is 0 Å². The number of aromatic nitrogens is 1. The maximum absolute atomic E-state index is 11.1. The van der Waals surface area contributed by atoms with Crippen LogP contribution in [0.3, 0.4) is 0 Å². The van der Waals surface area contributed by atoms with Gasteiger partial charge in [-0.1, -0.05) is 39.0 Å². The van der Waals surface area contributed by atoms with Crippen molar-refractivity contribution in [1.82, 2.24) is 4.98 Å². The highest BCUT2D eigenvalue weighted by atomic mass is 16.5. The number of pyridine rings is 1. The third-order valence-electron chi connectivity index (χ3n) is 3.09. The third kappa shape index (κ3) is 3.13. The molecule has 110 valence electrons. The lowest BCUT2D eigenvalue weighted by molar-refractivity contribution is 0.0697. The lowest BCUT2D eigenvalue weighted by atomic mass is 9.86. The van der Waals surface area contributed by atoms with Gasteiger partial charge in [0.15, 0.2) is 0 Å². The molecular formula is C16H18N2O3. The summed E-state index contributed by atoms with van der Waals surface area (Å²) in [7, 11) is 0. The second-order valence-corrected chi connectivity index (χ2v) is 5.73. The largest absolute Gasteiger partial charge is 0.478 e. The number of para-hydroxylation sites is 1. The minimum atomic E-state index is -1.11. The molecule has 2 aromatic rings. The average Bonchev–Trinajstić information content (AvgIpc) is 2.40. The van der Waals surface area contributed by atoms with Gasteiger partial charge in [0.2, 0.25) is 5.88 Å². The number of hydrogen-bond donors (Lipinski definition) is 2. The van der Waals surface area contributed by atoms with Crippen LogP contribution in [-0.4, -0.2) is 16.1 Å². The van der Waals surface area contributed by atoms with Crippen LogP contribution in [0, 0.1) is 0 Å². The summed E-state index contributed by atoms with van der Waals surface area (Å²) in [5, 5.41) is 9.08. The maximum Gasteiger partial charge on any atom is 0.338 e. The van der Waals surface area contributed by atoms with Crippen LogP contribution < -0.4 is 10.5 Å². The number of ether oxygens (including phenoxy) is 1. The van der Waals surface area contributed by atoms with Crippen molar-refractivity contribution in [2.75, 3.05) is 5.73 Å². The fourth-order valence-corrected chi connectivity index (χ4v) is 2.00. The lowest BCUT2D eigenvalue weighted by Gasteiger charge is -2.22. The molecule has 1 heterocycles. The van der Waals surface area contributed by atoms with Crippen LogP contribution in [-0.2, 0) is 5.41 Å². The predicted molar refractivity (Wildman–Crippen MR) is 80.8 cm³/mol. The van der Waals surface area contributed by atoms with E-state index in [0.29, 0.717) is 5.75 Å². The number of carboxylic acid groups (broad SMARTS) is 1. The minimum Gasteiger partial charge on any atom is -0.478 e. The summed E-state index contributed by atoms with van der Waals surface area (Å²) in [5.74, 6) is -0.387. The Morgan fingerprint density at radius 1 is 1.24 bits per heavy atom. The first-order valence-electron chi connectivity index (χ1n) is 6.56. The minimum absolute atomic E-state index is 0.0201. The molecule has 2 rings (SSSR count). The van der Waals surface area contributed by atoms with Crippen LogP contribution in [0.5, 0.6) is 11.6 Å². The molecule has 0 unspecified atom stereocenters. The number of carbonyl (C=O) groups is 1. The van der Waals surface area contributed by atoms with E-state index in [1.54, 1.807) is 0 Å². The number of hydrogen-bond acceptors (Lipinski definition) is 4. The topological polar surface area (TPSA) is 85.4 Å². The first-order valence-corrected chi connectivity index (χ1v) is 6.56. The Labute approximate surface area is 123 Å². The quantitative estimate of drug-likeness (QED) is 0.902. The molecule has 21 heavy (non-hydrogen) atoms. The van der Waals surface area contributed by atoms with Gasteiger partial charge in [-0.05, 0) is 17.5 Å². The van der Waals surface area contributed by atoms with Gasteiger partial charge in [0.1, 0.15) is 11.4 Å². The molecule has 5 nitrogen and oxygen atoms in total. The van der Waals surface area contributed by atoms with Crippen LogP contribution >= 0.6 is 0 Å². The van der Waals surface area contributed by atoms with Crippen molar-refractivity contribution in [1.29, 1.82) is 0 Å². The average molecular weight is 286 g/mol. The predicted octanol–water partition coefficient (Wildman–Crippen LogP) is 3.45.